The minimum Gasteiger partial charge on any atom is -0.452 e. The van der Waals surface area contributed by atoms with Gasteiger partial charge in [-0.25, -0.2) is 4.79 Å². The van der Waals surface area contributed by atoms with Crippen LogP contribution in [0.2, 0.25) is 0 Å². The Hall–Kier alpha value is -3.18. The maximum Gasteiger partial charge on any atom is 0.340 e. The third-order valence-electron chi connectivity index (χ3n) is 3.75. The van der Waals surface area contributed by atoms with E-state index in [0.29, 0.717) is 11.3 Å². The Bertz CT molecular complexity index is 947. The van der Waals surface area contributed by atoms with E-state index in [-0.39, 0.29) is 12.5 Å². The summed E-state index contributed by atoms with van der Waals surface area (Å²) in [7, 11) is 0. The van der Waals surface area contributed by atoms with Gasteiger partial charge in [-0.1, -0.05) is 54.1 Å². The van der Waals surface area contributed by atoms with E-state index in [1.807, 2.05) is 66.9 Å². The second kappa shape index (κ2) is 8.96. The van der Waals surface area contributed by atoms with Gasteiger partial charge in [-0.05, 0) is 42.1 Å². The number of anilines is 1. The summed E-state index contributed by atoms with van der Waals surface area (Å²) < 4.78 is 5.25. The van der Waals surface area contributed by atoms with Crippen molar-refractivity contribution in [1.29, 1.82) is 0 Å². The Morgan fingerprint density at radius 3 is 2.56 bits per heavy atom. The van der Waals surface area contributed by atoms with Gasteiger partial charge in [-0.3, -0.25) is 4.79 Å². The summed E-state index contributed by atoms with van der Waals surface area (Å²) in [4.78, 5) is 25.4. The zero-order valence-corrected chi connectivity index (χ0v) is 15.7. The van der Waals surface area contributed by atoms with Crippen LogP contribution in [0.3, 0.4) is 0 Å². The van der Waals surface area contributed by atoms with E-state index in [0.717, 1.165) is 16.0 Å². The second-order valence-electron chi connectivity index (χ2n) is 5.94. The van der Waals surface area contributed by atoms with Crippen LogP contribution in [-0.4, -0.2) is 18.5 Å². The number of para-hydroxylation sites is 1. The van der Waals surface area contributed by atoms with Crippen LogP contribution in [0.5, 0.6) is 0 Å². The van der Waals surface area contributed by atoms with Gasteiger partial charge >= 0.3 is 5.97 Å². The molecule has 5 heteroatoms. The van der Waals surface area contributed by atoms with Crippen molar-refractivity contribution in [1.82, 2.24) is 0 Å². The van der Waals surface area contributed by atoms with Crippen molar-refractivity contribution in [3.63, 3.8) is 0 Å². The molecule has 0 aliphatic rings. The van der Waals surface area contributed by atoms with Crippen LogP contribution in [0.25, 0.3) is 11.6 Å². The number of carbonyl (C=O) groups is 2. The Labute approximate surface area is 162 Å². The number of benzene rings is 2. The first-order chi connectivity index (χ1) is 13.1. The molecule has 1 amide bonds. The third-order valence-corrected chi connectivity index (χ3v) is 4.65. The highest BCUT2D eigenvalue weighted by atomic mass is 32.1. The molecule has 27 heavy (non-hydrogen) atoms. The first-order valence-electron chi connectivity index (χ1n) is 8.46. The molecule has 2 aromatic carbocycles. The molecule has 3 aromatic rings. The van der Waals surface area contributed by atoms with Gasteiger partial charge in [0.1, 0.15) is 0 Å². The molecule has 0 radical (unpaired) electrons. The van der Waals surface area contributed by atoms with Crippen molar-refractivity contribution >= 4 is 40.5 Å². The minimum absolute atomic E-state index is 0.343. The van der Waals surface area contributed by atoms with Crippen molar-refractivity contribution in [3.8, 4) is 0 Å². The van der Waals surface area contributed by atoms with Crippen LogP contribution in [0, 0.1) is 6.92 Å². The molecule has 0 aliphatic heterocycles. The molecule has 1 N–H and O–H groups in total. The summed E-state index contributed by atoms with van der Waals surface area (Å²) in [6.07, 6.45) is 1.79. The van der Waals surface area contributed by atoms with Gasteiger partial charge in [0.05, 0.1) is 5.57 Å². The van der Waals surface area contributed by atoms with Crippen LogP contribution in [0.15, 0.2) is 72.1 Å². The van der Waals surface area contributed by atoms with E-state index in [2.05, 4.69) is 5.32 Å². The molecule has 0 bridgehead atoms. The number of nitrogens with one attached hydrogen (secondary N) is 1. The fraction of sp³-hybridized carbons (Fsp3) is 0.0909. The SMILES string of the molecule is Cc1cccc(/C=C(/C(=O)OCC(=O)Nc2ccccc2)c2cccs2)c1. The van der Waals surface area contributed by atoms with Crippen molar-refractivity contribution in [3.05, 3.63) is 88.1 Å². The third kappa shape index (κ3) is 5.39. The second-order valence-corrected chi connectivity index (χ2v) is 6.89. The molecule has 136 valence electrons. The predicted octanol–water partition coefficient (Wildman–Crippen LogP) is 4.78. The Morgan fingerprint density at radius 2 is 1.85 bits per heavy atom. The largest absolute Gasteiger partial charge is 0.452 e. The number of thiophene rings is 1. The summed E-state index contributed by atoms with van der Waals surface area (Å²) in [6.45, 7) is 1.65. The van der Waals surface area contributed by atoms with Crippen LogP contribution in [0.4, 0.5) is 5.69 Å². The summed E-state index contributed by atoms with van der Waals surface area (Å²) in [5.41, 5.74) is 3.10. The first kappa shape index (κ1) is 18.6. The van der Waals surface area contributed by atoms with Crippen molar-refractivity contribution in [2.75, 3.05) is 11.9 Å². The lowest BCUT2D eigenvalue weighted by Gasteiger charge is -2.08. The molecule has 0 fully saturated rings. The molecule has 0 saturated carbocycles. The van der Waals surface area contributed by atoms with E-state index in [1.54, 1.807) is 18.2 Å². The van der Waals surface area contributed by atoms with Crippen LogP contribution in [0.1, 0.15) is 16.0 Å². The number of rotatable bonds is 6. The highest BCUT2D eigenvalue weighted by molar-refractivity contribution is 7.11. The molecule has 1 heterocycles. The van der Waals surface area contributed by atoms with Gasteiger partial charge in [0.25, 0.3) is 5.91 Å². The fourth-order valence-corrected chi connectivity index (χ4v) is 3.25. The van der Waals surface area contributed by atoms with Crippen molar-refractivity contribution < 1.29 is 14.3 Å². The molecule has 0 saturated heterocycles. The molecule has 0 spiro atoms. The average Bonchev–Trinajstić information content (AvgIpc) is 3.19. The standard InChI is InChI=1S/C22H19NO3S/c1-16-7-5-8-17(13-16)14-19(20-11-6-12-27-20)22(25)26-15-21(24)23-18-9-3-2-4-10-18/h2-14H,15H2,1H3,(H,23,24)/b19-14+. The predicted molar refractivity (Wildman–Crippen MR) is 109 cm³/mol. The molecule has 0 aliphatic carbocycles. The Morgan fingerprint density at radius 1 is 1.04 bits per heavy atom. The van der Waals surface area contributed by atoms with Gasteiger partial charge in [0.2, 0.25) is 0 Å². The van der Waals surface area contributed by atoms with Gasteiger partial charge in [-0.15, -0.1) is 11.3 Å². The summed E-state index contributed by atoms with van der Waals surface area (Å²) >= 11 is 1.45. The maximum absolute atomic E-state index is 12.6. The van der Waals surface area contributed by atoms with Crippen LogP contribution in [-0.2, 0) is 14.3 Å². The van der Waals surface area contributed by atoms with Crippen molar-refractivity contribution in [2.24, 2.45) is 0 Å². The average molecular weight is 377 g/mol. The number of carbonyl (C=O) groups excluding carboxylic acids is 2. The monoisotopic (exact) mass is 377 g/mol. The summed E-state index contributed by atoms with van der Waals surface area (Å²) in [5, 5.41) is 4.59. The van der Waals surface area contributed by atoms with Crippen molar-refractivity contribution in [2.45, 2.75) is 6.92 Å². The van der Waals surface area contributed by atoms with Gasteiger partial charge < -0.3 is 10.1 Å². The maximum atomic E-state index is 12.6. The molecule has 4 nitrogen and oxygen atoms in total. The number of hydrogen-bond acceptors (Lipinski definition) is 4. The normalized spacial score (nSPS) is 11.1. The smallest absolute Gasteiger partial charge is 0.340 e. The van der Waals surface area contributed by atoms with E-state index in [4.69, 9.17) is 4.74 Å². The fourth-order valence-electron chi connectivity index (χ4n) is 2.52. The molecule has 0 unspecified atom stereocenters. The lowest BCUT2D eigenvalue weighted by Crippen LogP contribution is -2.21. The molecular weight excluding hydrogens is 358 g/mol. The van der Waals surface area contributed by atoms with Crippen LogP contribution < -0.4 is 5.32 Å². The van der Waals surface area contributed by atoms with Gasteiger partial charge in [-0.2, -0.15) is 0 Å². The summed E-state index contributed by atoms with van der Waals surface area (Å²) in [5.74, 6) is -0.905. The zero-order valence-electron chi connectivity index (χ0n) is 14.8. The lowest BCUT2D eigenvalue weighted by atomic mass is 10.1. The number of esters is 1. The quantitative estimate of drug-likeness (QED) is 0.497. The highest BCUT2D eigenvalue weighted by Crippen LogP contribution is 2.24. The molecule has 1 aromatic heterocycles. The molecule has 0 atom stereocenters. The molecular formula is C22H19NO3S. The Kier molecular flexibility index (Phi) is 6.18. The van der Waals surface area contributed by atoms with Crippen LogP contribution >= 0.6 is 11.3 Å². The van der Waals surface area contributed by atoms with E-state index >= 15 is 0 Å². The molecule has 3 rings (SSSR count). The summed E-state index contributed by atoms with van der Waals surface area (Å²) in [6, 6.07) is 20.6. The highest BCUT2D eigenvalue weighted by Gasteiger charge is 2.16. The number of aryl methyl sites for hydroxylation is 1. The Balaban J connectivity index is 1.71. The number of hydrogen-bond donors (Lipinski definition) is 1. The minimum atomic E-state index is -0.526. The number of ether oxygens (including phenoxy) is 1. The van der Waals surface area contributed by atoms with E-state index < -0.39 is 5.97 Å². The first-order valence-corrected chi connectivity index (χ1v) is 9.34. The van der Waals surface area contributed by atoms with Gasteiger partial charge in [0, 0.05) is 10.6 Å². The lowest BCUT2D eigenvalue weighted by molar-refractivity contribution is -0.141. The van der Waals surface area contributed by atoms with Gasteiger partial charge in [0.15, 0.2) is 6.61 Å². The number of amides is 1. The topological polar surface area (TPSA) is 55.4 Å². The van der Waals surface area contributed by atoms with E-state index in [1.165, 1.54) is 11.3 Å². The zero-order chi connectivity index (χ0) is 19.1. The van der Waals surface area contributed by atoms with E-state index in [9.17, 15) is 9.59 Å².